The Morgan fingerprint density at radius 2 is 1.82 bits per heavy atom. The number of amides is 1. The molecule has 2 N–H and O–H groups in total. The first-order chi connectivity index (χ1) is 8.31. The molecule has 17 heavy (non-hydrogen) atoms. The third kappa shape index (κ3) is 13.3. The van der Waals surface area contributed by atoms with E-state index in [0.29, 0.717) is 13.0 Å². The maximum absolute atomic E-state index is 11.4. The number of rotatable bonds is 12. The van der Waals surface area contributed by atoms with Crippen LogP contribution in [0.4, 0.5) is 0 Å². The summed E-state index contributed by atoms with van der Waals surface area (Å²) in [4.78, 5) is 11.4. The molecule has 0 aromatic rings. The van der Waals surface area contributed by atoms with E-state index in [4.69, 9.17) is 4.74 Å². The summed E-state index contributed by atoms with van der Waals surface area (Å²) in [5, 5.41) is 6.19. The predicted octanol–water partition coefficient (Wildman–Crippen LogP) is 1.70. The Kier molecular flexibility index (Phi) is 13.0. The molecule has 0 aromatic carbocycles. The molecule has 0 fully saturated rings. The Labute approximate surface area is 105 Å². The Bertz CT molecular complexity index is 175. The lowest BCUT2D eigenvalue weighted by atomic mass is 10.2. The van der Waals surface area contributed by atoms with Crippen LogP contribution >= 0.6 is 0 Å². The van der Waals surface area contributed by atoms with Crippen LogP contribution in [0.2, 0.25) is 0 Å². The minimum atomic E-state index is 0.147. The molecule has 1 amide bonds. The number of nitrogens with one attached hydrogen (secondary N) is 2. The average Bonchev–Trinajstić information content (AvgIpc) is 2.33. The van der Waals surface area contributed by atoms with Gasteiger partial charge in [0.25, 0.3) is 0 Å². The molecular formula is C13H28N2O2. The van der Waals surface area contributed by atoms with Gasteiger partial charge in [0.05, 0.1) is 0 Å². The zero-order valence-corrected chi connectivity index (χ0v) is 11.4. The smallest absolute Gasteiger partial charge is 0.220 e. The first-order valence-electron chi connectivity index (χ1n) is 6.86. The van der Waals surface area contributed by atoms with E-state index in [9.17, 15) is 4.79 Å². The molecule has 0 atom stereocenters. The molecule has 0 heterocycles. The summed E-state index contributed by atoms with van der Waals surface area (Å²) in [6, 6.07) is 0. The Hall–Kier alpha value is -0.610. The van der Waals surface area contributed by atoms with E-state index in [1.807, 2.05) is 0 Å². The van der Waals surface area contributed by atoms with Crippen molar-refractivity contribution in [3.05, 3.63) is 0 Å². The average molecular weight is 244 g/mol. The second-order valence-corrected chi connectivity index (χ2v) is 4.13. The van der Waals surface area contributed by atoms with Crippen LogP contribution in [0, 0.1) is 0 Å². The topological polar surface area (TPSA) is 50.4 Å². The van der Waals surface area contributed by atoms with Crippen LogP contribution in [0.5, 0.6) is 0 Å². The van der Waals surface area contributed by atoms with Crippen molar-refractivity contribution in [1.82, 2.24) is 10.6 Å². The van der Waals surface area contributed by atoms with Crippen molar-refractivity contribution < 1.29 is 9.53 Å². The fraction of sp³-hybridized carbons (Fsp3) is 0.923. The van der Waals surface area contributed by atoms with Crippen LogP contribution in [0.3, 0.4) is 0 Å². The van der Waals surface area contributed by atoms with Gasteiger partial charge in [0, 0.05) is 26.2 Å². The quantitative estimate of drug-likeness (QED) is 0.514. The highest BCUT2D eigenvalue weighted by Gasteiger charge is 1.99. The van der Waals surface area contributed by atoms with E-state index in [1.54, 1.807) is 0 Å². The minimum Gasteiger partial charge on any atom is -0.381 e. The Morgan fingerprint density at radius 3 is 2.53 bits per heavy atom. The van der Waals surface area contributed by atoms with Crippen molar-refractivity contribution in [2.75, 3.05) is 32.8 Å². The number of hydrogen-bond donors (Lipinski definition) is 2. The van der Waals surface area contributed by atoms with E-state index in [-0.39, 0.29) is 5.91 Å². The molecule has 0 spiro atoms. The minimum absolute atomic E-state index is 0.147. The lowest BCUT2D eigenvalue weighted by Crippen LogP contribution is -2.25. The summed E-state index contributed by atoms with van der Waals surface area (Å²) < 4.78 is 5.31. The highest BCUT2D eigenvalue weighted by molar-refractivity contribution is 5.75. The fourth-order valence-electron chi connectivity index (χ4n) is 1.45. The summed E-state index contributed by atoms with van der Waals surface area (Å²) in [6.07, 6.45) is 4.61. The van der Waals surface area contributed by atoms with Gasteiger partial charge in [-0.2, -0.15) is 0 Å². The maximum Gasteiger partial charge on any atom is 0.220 e. The lowest BCUT2D eigenvalue weighted by Gasteiger charge is -2.06. The molecule has 0 aliphatic carbocycles. The van der Waals surface area contributed by atoms with Gasteiger partial charge >= 0.3 is 0 Å². The van der Waals surface area contributed by atoms with Crippen LogP contribution in [-0.4, -0.2) is 38.8 Å². The number of carbonyl (C=O) groups is 1. The molecule has 102 valence electrons. The SMILES string of the molecule is CCCOCCCC(=O)NCCCCNCC. The van der Waals surface area contributed by atoms with Gasteiger partial charge in [0.1, 0.15) is 0 Å². The lowest BCUT2D eigenvalue weighted by molar-refractivity contribution is -0.121. The largest absolute Gasteiger partial charge is 0.381 e. The fourth-order valence-corrected chi connectivity index (χ4v) is 1.45. The van der Waals surface area contributed by atoms with Crippen LogP contribution in [0.15, 0.2) is 0 Å². The van der Waals surface area contributed by atoms with E-state index in [1.165, 1.54) is 0 Å². The molecule has 0 bridgehead atoms. The summed E-state index contributed by atoms with van der Waals surface area (Å²) >= 11 is 0. The van der Waals surface area contributed by atoms with Gasteiger partial charge in [-0.05, 0) is 38.8 Å². The Balaban J connectivity index is 3.12. The molecule has 0 rings (SSSR count). The zero-order chi connectivity index (χ0) is 12.8. The van der Waals surface area contributed by atoms with Crippen molar-refractivity contribution in [1.29, 1.82) is 0 Å². The van der Waals surface area contributed by atoms with Gasteiger partial charge in [0.15, 0.2) is 0 Å². The van der Waals surface area contributed by atoms with Gasteiger partial charge in [-0.15, -0.1) is 0 Å². The molecule has 0 aliphatic rings. The molecular weight excluding hydrogens is 216 g/mol. The standard InChI is InChI=1S/C13H28N2O2/c1-3-11-17-12-7-8-13(16)15-10-6-5-9-14-4-2/h14H,3-12H2,1-2H3,(H,15,16). The molecule has 0 unspecified atom stereocenters. The monoisotopic (exact) mass is 244 g/mol. The van der Waals surface area contributed by atoms with Gasteiger partial charge < -0.3 is 15.4 Å². The first kappa shape index (κ1) is 16.4. The van der Waals surface area contributed by atoms with Crippen molar-refractivity contribution in [3.8, 4) is 0 Å². The Morgan fingerprint density at radius 1 is 1.06 bits per heavy atom. The van der Waals surface area contributed by atoms with Crippen LogP contribution in [0.25, 0.3) is 0 Å². The van der Waals surface area contributed by atoms with Crippen molar-refractivity contribution in [2.24, 2.45) is 0 Å². The molecule has 4 heteroatoms. The predicted molar refractivity (Wildman–Crippen MR) is 71.1 cm³/mol. The third-order valence-electron chi connectivity index (χ3n) is 2.39. The van der Waals surface area contributed by atoms with E-state index in [0.717, 1.165) is 51.9 Å². The normalized spacial score (nSPS) is 10.5. The zero-order valence-electron chi connectivity index (χ0n) is 11.4. The van der Waals surface area contributed by atoms with E-state index >= 15 is 0 Å². The molecule has 4 nitrogen and oxygen atoms in total. The molecule has 0 saturated carbocycles. The second-order valence-electron chi connectivity index (χ2n) is 4.13. The van der Waals surface area contributed by atoms with Gasteiger partial charge in [0.2, 0.25) is 5.91 Å². The maximum atomic E-state index is 11.4. The second kappa shape index (κ2) is 13.5. The highest BCUT2D eigenvalue weighted by atomic mass is 16.5. The highest BCUT2D eigenvalue weighted by Crippen LogP contribution is 1.92. The van der Waals surface area contributed by atoms with Crippen molar-refractivity contribution >= 4 is 5.91 Å². The summed E-state index contributed by atoms with van der Waals surface area (Å²) in [6.45, 7) is 8.53. The van der Waals surface area contributed by atoms with E-state index in [2.05, 4.69) is 24.5 Å². The number of ether oxygens (including phenoxy) is 1. The third-order valence-corrected chi connectivity index (χ3v) is 2.39. The number of hydrogen-bond acceptors (Lipinski definition) is 3. The number of unbranched alkanes of at least 4 members (excludes halogenated alkanes) is 1. The van der Waals surface area contributed by atoms with E-state index < -0.39 is 0 Å². The molecule has 0 saturated heterocycles. The van der Waals surface area contributed by atoms with Gasteiger partial charge in [-0.25, -0.2) is 0 Å². The van der Waals surface area contributed by atoms with Gasteiger partial charge in [-0.1, -0.05) is 13.8 Å². The summed E-state index contributed by atoms with van der Waals surface area (Å²) in [7, 11) is 0. The molecule has 0 aromatic heterocycles. The summed E-state index contributed by atoms with van der Waals surface area (Å²) in [5.41, 5.74) is 0. The van der Waals surface area contributed by atoms with Crippen molar-refractivity contribution in [3.63, 3.8) is 0 Å². The van der Waals surface area contributed by atoms with Crippen LogP contribution in [-0.2, 0) is 9.53 Å². The van der Waals surface area contributed by atoms with Crippen LogP contribution < -0.4 is 10.6 Å². The molecule has 0 radical (unpaired) electrons. The van der Waals surface area contributed by atoms with Crippen LogP contribution in [0.1, 0.15) is 46.0 Å². The number of carbonyl (C=O) groups excluding carboxylic acids is 1. The van der Waals surface area contributed by atoms with Crippen molar-refractivity contribution in [2.45, 2.75) is 46.0 Å². The first-order valence-corrected chi connectivity index (χ1v) is 6.86. The molecule has 0 aliphatic heterocycles. The summed E-state index contributed by atoms with van der Waals surface area (Å²) in [5.74, 6) is 0.147. The van der Waals surface area contributed by atoms with Gasteiger partial charge in [-0.3, -0.25) is 4.79 Å².